The zero-order chi connectivity index (χ0) is 14.8. The van der Waals surface area contributed by atoms with E-state index in [9.17, 15) is 4.79 Å². The van der Waals surface area contributed by atoms with Crippen LogP contribution in [0.4, 0.5) is 11.6 Å². The number of hydrogen-bond acceptors (Lipinski definition) is 4. The lowest BCUT2D eigenvalue weighted by atomic mass is 10.3. The molecule has 1 aliphatic rings. The Kier molecular flexibility index (Phi) is 3.94. The van der Waals surface area contributed by atoms with Crippen LogP contribution in [0.2, 0.25) is 10.0 Å². The molecule has 0 spiro atoms. The highest BCUT2D eigenvalue weighted by molar-refractivity contribution is 6.42. The summed E-state index contributed by atoms with van der Waals surface area (Å²) in [5.41, 5.74) is 0.942. The Morgan fingerprint density at radius 2 is 1.86 bits per heavy atom. The second kappa shape index (κ2) is 5.87. The summed E-state index contributed by atoms with van der Waals surface area (Å²) in [4.78, 5) is 20.3. The molecule has 0 saturated heterocycles. The zero-order valence-electron chi connectivity index (χ0n) is 10.9. The summed E-state index contributed by atoms with van der Waals surface area (Å²) in [6.45, 7) is 0. The Balaban J connectivity index is 1.67. The second-order valence-electron chi connectivity index (χ2n) is 4.80. The average molecular weight is 323 g/mol. The van der Waals surface area contributed by atoms with E-state index in [1.54, 1.807) is 18.2 Å². The summed E-state index contributed by atoms with van der Waals surface area (Å²) >= 11 is 11.7. The van der Waals surface area contributed by atoms with Crippen molar-refractivity contribution in [2.45, 2.75) is 18.9 Å². The highest BCUT2D eigenvalue weighted by Gasteiger charge is 2.21. The third-order valence-corrected chi connectivity index (χ3v) is 3.74. The molecule has 1 aromatic heterocycles. The van der Waals surface area contributed by atoms with Crippen LogP contribution < -0.4 is 10.6 Å². The van der Waals surface area contributed by atoms with Crippen molar-refractivity contribution in [1.82, 2.24) is 9.97 Å². The predicted molar refractivity (Wildman–Crippen MR) is 83.1 cm³/mol. The lowest BCUT2D eigenvalue weighted by Gasteiger charge is -2.07. The molecule has 3 rings (SSSR count). The molecular weight excluding hydrogens is 311 g/mol. The highest BCUT2D eigenvalue weighted by atomic mass is 35.5. The fourth-order valence-electron chi connectivity index (χ4n) is 1.71. The number of nitrogens with one attached hydrogen (secondary N) is 2. The van der Waals surface area contributed by atoms with Gasteiger partial charge in [-0.05, 0) is 31.0 Å². The normalized spacial score (nSPS) is 13.8. The molecule has 0 atom stereocenters. The minimum absolute atomic E-state index is 0.300. The molecule has 0 aliphatic heterocycles. The Bertz CT molecular complexity index is 671. The molecule has 1 heterocycles. The number of nitrogens with zero attached hydrogens (tertiary/aromatic N) is 2. The molecular formula is C14H12Cl2N4O. The highest BCUT2D eigenvalue weighted by Crippen LogP contribution is 2.25. The van der Waals surface area contributed by atoms with Gasteiger partial charge in [-0.25, -0.2) is 9.97 Å². The minimum Gasteiger partial charge on any atom is -0.351 e. The van der Waals surface area contributed by atoms with Gasteiger partial charge in [-0.3, -0.25) is 4.79 Å². The number of rotatable bonds is 4. The summed E-state index contributed by atoms with van der Waals surface area (Å²) in [5, 5.41) is 6.70. The van der Waals surface area contributed by atoms with Gasteiger partial charge in [-0.2, -0.15) is 0 Å². The minimum atomic E-state index is -0.300. The maximum atomic E-state index is 12.1. The van der Waals surface area contributed by atoms with Gasteiger partial charge in [0.25, 0.3) is 5.91 Å². The molecule has 21 heavy (non-hydrogen) atoms. The summed E-state index contributed by atoms with van der Waals surface area (Å²) in [7, 11) is 0. The lowest BCUT2D eigenvalue weighted by molar-refractivity contribution is 0.102. The van der Waals surface area contributed by atoms with E-state index in [0.29, 0.717) is 33.3 Å². The lowest BCUT2D eigenvalue weighted by Crippen LogP contribution is -2.13. The SMILES string of the molecule is O=C(Nc1ccc(Cl)c(Cl)c1)c1cnc(NC2CC2)nc1. The summed E-state index contributed by atoms with van der Waals surface area (Å²) in [5.74, 6) is 0.245. The van der Waals surface area contributed by atoms with Gasteiger partial charge in [0.05, 0.1) is 15.6 Å². The average Bonchev–Trinajstić information content (AvgIpc) is 3.28. The summed E-state index contributed by atoms with van der Waals surface area (Å²) in [6, 6.07) is 5.36. The van der Waals surface area contributed by atoms with Crippen molar-refractivity contribution in [1.29, 1.82) is 0 Å². The molecule has 1 fully saturated rings. The Morgan fingerprint density at radius 1 is 1.14 bits per heavy atom. The quantitative estimate of drug-likeness (QED) is 0.902. The molecule has 2 aromatic rings. The monoisotopic (exact) mass is 322 g/mol. The third-order valence-electron chi connectivity index (χ3n) is 3.00. The Hall–Kier alpha value is -1.85. The first kappa shape index (κ1) is 14.1. The van der Waals surface area contributed by atoms with E-state index in [-0.39, 0.29) is 5.91 Å². The zero-order valence-corrected chi connectivity index (χ0v) is 12.4. The number of benzene rings is 1. The third kappa shape index (κ3) is 3.62. The molecule has 1 amide bonds. The Labute approximate surface area is 131 Å². The van der Waals surface area contributed by atoms with Crippen molar-refractivity contribution in [3.8, 4) is 0 Å². The first-order valence-corrected chi connectivity index (χ1v) is 7.22. The van der Waals surface area contributed by atoms with Crippen LogP contribution in [0.25, 0.3) is 0 Å². The molecule has 0 bridgehead atoms. The van der Waals surface area contributed by atoms with Gasteiger partial charge < -0.3 is 10.6 Å². The van der Waals surface area contributed by atoms with Crippen molar-refractivity contribution in [3.05, 3.63) is 46.2 Å². The van der Waals surface area contributed by atoms with Crippen LogP contribution in [-0.4, -0.2) is 21.9 Å². The van der Waals surface area contributed by atoms with E-state index in [2.05, 4.69) is 20.6 Å². The maximum Gasteiger partial charge on any atom is 0.258 e. The molecule has 2 N–H and O–H groups in total. The van der Waals surface area contributed by atoms with E-state index in [4.69, 9.17) is 23.2 Å². The van der Waals surface area contributed by atoms with Crippen LogP contribution in [0.1, 0.15) is 23.2 Å². The standard InChI is InChI=1S/C14H12Cl2N4O/c15-11-4-3-10(5-12(11)16)19-13(21)8-6-17-14(18-7-8)20-9-1-2-9/h3-7,9H,1-2H2,(H,19,21)(H,17,18,20). The molecule has 0 radical (unpaired) electrons. The summed E-state index contributed by atoms with van der Waals surface area (Å²) in [6.07, 6.45) is 5.26. The number of amides is 1. The molecule has 1 aliphatic carbocycles. The largest absolute Gasteiger partial charge is 0.351 e. The van der Waals surface area contributed by atoms with Crippen molar-refractivity contribution in [2.24, 2.45) is 0 Å². The predicted octanol–water partition coefficient (Wildman–Crippen LogP) is 3.61. The van der Waals surface area contributed by atoms with Gasteiger partial charge >= 0.3 is 0 Å². The molecule has 5 nitrogen and oxygen atoms in total. The van der Waals surface area contributed by atoms with Gasteiger partial charge in [-0.15, -0.1) is 0 Å². The molecule has 7 heteroatoms. The topological polar surface area (TPSA) is 66.9 Å². The number of carbonyl (C=O) groups is 1. The van der Waals surface area contributed by atoms with E-state index < -0.39 is 0 Å². The molecule has 108 valence electrons. The van der Waals surface area contributed by atoms with E-state index >= 15 is 0 Å². The fourth-order valence-corrected chi connectivity index (χ4v) is 2.01. The van der Waals surface area contributed by atoms with Crippen LogP contribution in [0.15, 0.2) is 30.6 Å². The number of aromatic nitrogens is 2. The van der Waals surface area contributed by atoms with E-state index in [1.165, 1.54) is 12.4 Å². The first-order valence-electron chi connectivity index (χ1n) is 6.47. The van der Waals surface area contributed by atoms with Gasteiger partial charge in [0.1, 0.15) is 0 Å². The second-order valence-corrected chi connectivity index (χ2v) is 5.61. The smallest absolute Gasteiger partial charge is 0.258 e. The van der Waals surface area contributed by atoms with Crippen LogP contribution in [0, 0.1) is 0 Å². The van der Waals surface area contributed by atoms with Gasteiger partial charge in [-0.1, -0.05) is 23.2 Å². The van der Waals surface area contributed by atoms with Crippen molar-refractivity contribution < 1.29 is 4.79 Å². The number of halogens is 2. The van der Waals surface area contributed by atoms with Gasteiger partial charge in [0.2, 0.25) is 5.95 Å². The van der Waals surface area contributed by atoms with Crippen LogP contribution in [-0.2, 0) is 0 Å². The Morgan fingerprint density at radius 3 is 2.48 bits per heavy atom. The van der Waals surface area contributed by atoms with Crippen LogP contribution in [0.5, 0.6) is 0 Å². The van der Waals surface area contributed by atoms with Gasteiger partial charge in [0, 0.05) is 24.1 Å². The van der Waals surface area contributed by atoms with Crippen molar-refractivity contribution in [2.75, 3.05) is 10.6 Å². The van der Waals surface area contributed by atoms with E-state index in [1.807, 2.05) is 0 Å². The molecule has 0 unspecified atom stereocenters. The van der Waals surface area contributed by atoms with E-state index in [0.717, 1.165) is 12.8 Å². The molecule has 1 aromatic carbocycles. The number of hydrogen-bond donors (Lipinski definition) is 2. The summed E-state index contributed by atoms with van der Waals surface area (Å²) < 4.78 is 0. The van der Waals surface area contributed by atoms with Crippen LogP contribution in [0.3, 0.4) is 0 Å². The van der Waals surface area contributed by atoms with Crippen molar-refractivity contribution >= 4 is 40.7 Å². The van der Waals surface area contributed by atoms with Crippen molar-refractivity contribution in [3.63, 3.8) is 0 Å². The first-order chi connectivity index (χ1) is 10.1. The number of anilines is 2. The van der Waals surface area contributed by atoms with Gasteiger partial charge in [0.15, 0.2) is 0 Å². The fraction of sp³-hybridized carbons (Fsp3) is 0.214. The van der Waals surface area contributed by atoms with Crippen LogP contribution >= 0.6 is 23.2 Å². The maximum absolute atomic E-state index is 12.1. The number of carbonyl (C=O) groups excluding carboxylic acids is 1. The molecule has 1 saturated carbocycles.